The molecule has 2 heterocycles. The molecule has 20 heavy (non-hydrogen) atoms. The Morgan fingerprint density at radius 3 is 2.75 bits per heavy atom. The van der Waals surface area contributed by atoms with Crippen molar-refractivity contribution in [2.45, 2.75) is 19.8 Å². The molecular formula is C14H19N3O3. The Morgan fingerprint density at radius 1 is 1.45 bits per heavy atom. The van der Waals surface area contributed by atoms with Crippen LogP contribution in [-0.2, 0) is 4.79 Å². The smallest absolute Gasteiger partial charge is 0.339 e. The number of aromatic carboxylic acids is 1. The predicted octanol–water partition coefficient (Wildman–Crippen LogP) is 1.13. The van der Waals surface area contributed by atoms with Gasteiger partial charge < -0.3 is 15.3 Å². The van der Waals surface area contributed by atoms with Crippen molar-refractivity contribution in [3.05, 3.63) is 24.0 Å². The Bertz CT molecular complexity index is 496. The van der Waals surface area contributed by atoms with E-state index in [0.717, 1.165) is 31.6 Å². The van der Waals surface area contributed by atoms with E-state index >= 15 is 0 Å². The molecule has 6 heteroatoms. The maximum Gasteiger partial charge on any atom is 0.339 e. The number of anilines is 1. The van der Waals surface area contributed by atoms with E-state index in [-0.39, 0.29) is 11.5 Å². The molecule has 2 rings (SSSR count). The SMILES string of the molecule is CC(=O)NCC1CCN(c2ccncc2C(=O)O)CC1. The van der Waals surface area contributed by atoms with Crippen LogP contribution in [0.5, 0.6) is 0 Å². The van der Waals surface area contributed by atoms with Crippen molar-refractivity contribution >= 4 is 17.6 Å². The van der Waals surface area contributed by atoms with Crippen LogP contribution in [0.15, 0.2) is 18.5 Å². The van der Waals surface area contributed by atoms with E-state index in [9.17, 15) is 14.7 Å². The molecular weight excluding hydrogens is 258 g/mol. The van der Waals surface area contributed by atoms with Crippen LogP contribution in [0.4, 0.5) is 5.69 Å². The largest absolute Gasteiger partial charge is 0.478 e. The maximum absolute atomic E-state index is 11.2. The van der Waals surface area contributed by atoms with Gasteiger partial charge in [-0.15, -0.1) is 0 Å². The summed E-state index contributed by atoms with van der Waals surface area (Å²) in [5, 5.41) is 12.0. The summed E-state index contributed by atoms with van der Waals surface area (Å²) in [6.07, 6.45) is 4.90. The lowest BCUT2D eigenvalue weighted by Gasteiger charge is -2.34. The topological polar surface area (TPSA) is 82.5 Å². The van der Waals surface area contributed by atoms with E-state index < -0.39 is 5.97 Å². The highest BCUT2D eigenvalue weighted by Gasteiger charge is 2.22. The van der Waals surface area contributed by atoms with Crippen molar-refractivity contribution in [1.29, 1.82) is 0 Å². The Morgan fingerprint density at radius 2 is 2.15 bits per heavy atom. The fraction of sp³-hybridized carbons (Fsp3) is 0.500. The molecule has 6 nitrogen and oxygen atoms in total. The normalized spacial score (nSPS) is 15.9. The molecule has 108 valence electrons. The zero-order valence-corrected chi connectivity index (χ0v) is 11.5. The van der Waals surface area contributed by atoms with Crippen molar-refractivity contribution in [3.63, 3.8) is 0 Å². The van der Waals surface area contributed by atoms with Gasteiger partial charge in [-0.05, 0) is 24.8 Å². The summed E-state index contributed by atoms with van der Waals surface area (Å²) in [4.78, 5) is 28.0. The van der Waals surface area contributed by atoms with E-state index in [2.05, 4.69) is 15.2 Å². The Labute approximate surface area is 117 Å². The third-order valence-electron chi connectivity index (χ3n) is 3.62. The molecule has 0 aliphatic carbocycles. The summed E-state index contributed by atoms with van der Waals surface area (Å²) >= 11 is 0. The molecule has 1 aliphatic heterocycles. The van der Waals surface area contributed by atoms with Crippen molar-refractivity contribution in [2.75, 3.05) is 24.5 Å². The number of nitrogens with zero attached hydrogens (tertiary/aromatic N) is 2. The molecule has 2 N–H and O–H groups in total. The molecule has 0 aromatic carbocycles. The molecule has 1 fully saturated rings. The molecule has 0 saturated carbocycles. The number of piperidine rings is 1. The molecule has 1 aliphatic rings. The molecule has 1 saturated heterocycles. The van der Waals surface area contributed by atoms with Gasteiger partial charge in [0.2, 0.25) is 5.91 Å². The van der Waals surface area contributed by atoms with Crippen LogP contribution in [0.2, 0.25) is 0 Å². The number of nitrogens with one attached hydrogen (secondary N) is 1. The van der Waals surface area contributed by atoms with Crippen molar-refractivity contribution in [2.24, 2.45) is 5.92 Å². The zero-order chi connectivity index (χ0) is 14.5. The summed E-state index contributed by atoms with van der Waals surface area (Å²) in [6, 6.07) is 1.75. The number of rotatable bonds is 4. The molecule has 1 aromatic rings. The van der Waals surface area contributed by atoms with Crippen LogP contribution in [0.25, 0.3) is 0 Å². The van der Waals surface area contributed by atoms with Crippen molar-refractivity contribution < 1.29 is 14.7 Å². The fourth-order valence-corrected chi connectivity index (χ4v) is 2.49. The average molecular weight is 277 g/mol. The number of amides is 1. The fourth-order valence-electron chi connectivity index (χ4n) is 2.49. The first kappa shape index (κ1) is 14.3. The lowest BCUT2D eigenvalue weighted by Crippen LogP contribution is -2.38. The lowest BCUT2D eigenvalue weighted by molar-refractivity contribution is -0.119. The van der Waals surface area contributed by atoms with Crippen molar-refractivity contribution in [1.82, 2.24) is 10.3 Å². The van der Waals surface area contributed by atoms with Crippen LogP contribution >= 0.6 is 0 Å². The van der Waals surface area contributed by atoms with Crippen LogP contribution in [0.1, 0.15) is 30.1 Å². The first-order valence-electron chi connectivity index (χ1n) is 6.74. The molecule has 1 aromatic heterocycles. The van der Waals surface area contributed by atoms with E-state index in [1.54, 1.807) is 12.3 Å². The number of pyridine rings is 1. The molecule has 1 amide bonds. The van der Waals surface area contributed by atoms with Gasteiger partial charge >= 0.3 is 5.97 Å². The highest BCUT2D eigenvalue weighted by molar-refractivity contribution is 5.94. The molecule has 0 unspecified atom stereocenters. The summed E-state index contributed by atoms with van der Waals surface area (Å²) in [6.45, 7) is 3.82. The van der Waals surface area contributed by atoms with Gasteiger partial charge in [-0.25, -0.2) is 4.79 Å². The summed E-state index contributed by atoms with van der Waals surface area (Å²) in [5.74, 6) is -0.492. The molecule has 0 radical (unpaired) electrons. The summed E-state index contributed by atoms with van der Waals surface area (Å²) in [5.41, 5.74) is 0.971. The second kappa shape index (κ2) is 6.36. The number of aromatic nitrogens is 1. The monoisotopic (exact) mass is 277 g/mol. The Hall–Kier alpha value is -2.11. The number of hydrogen-bond donors (Lipinski definition) is 2. The van der Waals surface area contributed by atoms with Crippen LogP contribution in [0.3, 0.4) is 0 Å². The average Bonchev–Trinajstić information content (AvgIpc) is 2.45. The van der Waals surface area contributed by atoms with Gasteiger partial charge in [-0.2, -0.15) is 0 Å². The predicted molar refractivity (Wildman–Crippen MR) is 74.8 cm³/mol. The van der Waals surface area contributed by atoms with Crippen LogP contribution < -0.4 is 10.2 Å². The van der Waals surface area contributed by atoms with Gasteiger partial charge in [-0.3, -0.25) is 9.78 Å². The van der Waals surface area contributed by atoms with Crippen LogP contribution in [-0.4, -0.2) is 41.6 Å². The maximum atomic E-state index is 11.2. The Balaban J connectivity index is 1.97. The zero-order valence-electron chi connectivity index (χ0n) is 11.5. The van der Waals surface area contributed by atoms with Gasteiger partial charge in [0.05, 0.1) is 5.69 Å². The quantitative estimate of drug-likeness (QED) is 0.862. The lowest BCUT2D eigenvalue weighted by atomic mass is 9.96. The minimum Gasteiger partial charge on any atom is -0.478 e. The Kier molecular flexibility index (Phi) is 4.55. The minimum atomic E-state index is -0.950. The van der Waals surface area contributed by atoms with E-state index in [4.69, 9.17) is 0 Å². The van der Waals surface area contributed by atoms with Crippen LogP contribution in [0, 0.1) is 5.92 Å². The number of hydrogen-bond acceptors (Lipinski definition) is 4. The second-order valence-electron chi connectivity index (χ2n) is 5.07. The van der Waals surface area contributed by atoms with Gasteiger partial charge in [0, 0.05) is 39.0 Å². The molecule has 0 spiro atoms. The minimum absolute atomic E-state index is 0.00488. The number of carbonyl (C=O) groups is 2. The van der Waals surface area contributed by atoms with E-state index in [1.807, 2.05) is 0 Å². The van der Waals surface area contributed by atoms with Crippen molar-refractivity contribution in [3.8, 4) is 0 Å². The second-order valence-corrected chi connectivity index (χ2v) is 5.07. The highest BCUT2D eigenvalue weighted by Crippen LogP contribution is 2.25. The first-order valence-corrected chi connectivity index (χ1v) is 6.74. The molecule has 0 atom stereocenters. The van der Waals surface area contributed by atoms with E-state index in [0.29, 0.717) is 12.5 Å². The highest BCUT2D eigenvalue weighted by atomic mass is 16.4. The number of carboxylic acid groups (broad SMARTS) is 1. The third kappa shape index (κ3) is 3.46. The van der Waals surface area contributed by atoms with Gasteiger partial charge in [0.15, 0.2) is 0 Å². The number of carboxylic acids is 1. The van der Waals surface area contributed by atoms with Gasteiger partial charge in [-0.1, -0.05) is 0 Å². The number of carbonyl (C=O) groups excluding carboxylic acids is 1. The van der Waals surface area contributed by atoms with Gasteiger partial charge in [0.25, 0.3) is 0 Å². The standard InChI is InChI=1S/C14H19N3O3/c1-10(18)16-8-11-3-6-17(7-4-11)13-2-5-15-9-12(13)14(19)20/h2,5,9,11H,3-4,6-8H2,1H3,(H,16,18)(H,19,20). The summed E-state index contributed by atoms with van der Waals surface area (Å²) < 4.78 is 0. The van der Waals surface area contributed by atoms with E-state index in [1.165, 1.54) is 13.1 Å². The first-order chi connectivity index (χ1) is 9.58. The third-order valence-corrected chi connectivity index (χ3v) is 3.62. The summed E-state index contributed by atoms with van der Waals surface area (Å²) in [7, 11) is 0. The molecule has 0 bridgehead atoms. The van der Waals surface area contributed by atoms with Gasteiger partial charge in [0.1, 0.15) is 5.56 Å².